The summed E-state index contributed by atoms with van der Waals surface area (Å²) >= 11 is 1.75. The van der Waals surface area contributed by atoms with Crippen molar-refractivity contribution in [2.45, 2.75) is 18.5 Å². The average molecular weight is 342 g/mol. The summed E-state index contributed by atoms with van der Waals surface area (Å²) in [6.07, 6.45) is 4.63. The molecule has 0 aliphatic carbocycles. The zero-order valence-corrected chi connectivity index (χ0v) is 14.7. The highest BCUT2D eigenvalue weighted by atomic mass is 32.1. The highest BCUT2D eigenvalue weighted by Gasteiger charge is 2.47. The maximum atomic E-state index is 12.5. The van der Waals surface area contributed by atoms with Gasteiger partial charge in [0.15, 0.2) is 0 Å². The molecule has 1 amide bonds. The number of piperazine rings is 1. The number of likely N-dealkylation sites (tertiary alicyclic amines) is 1. The van der Waals surface area contributed by atoms with E-state index in [1.165, 1.54) is 5.56 Å². The van der Waals surface area contributed by atoms with Crippen LogP contribution in [0.25, 0.3) is 0 Å². The maximum Gasteiger partial charge on any atom is 0.241 e. The second kappa shape index (κ2) is 6.27. The molecule has 5 nitrogen and oxygen atoms in total. The molecule has 126 valence electrons. The van der Waals surface area contributed by atoms with Gasteiger partial charge in [-0.2, -0.15) is 11.3 Å². The van der Waals surface area contributed by atoms with Gasteiger partial charge >= 0.3 is 0 Å². The zero-order chi connectivity index (χ0) is 16.6. The van der Waals surface area contributed by atoms with Crippen LogP contribution in [0.4, 0.5) is 5.69 Å². The lowest BCUT2D eigenvalue weighted by molar-refractivity contribution is -0.123. The van der Waals surface area contributed by atoms with Crippen molar-refractivity contribution in [2.24, 2.45) is 0 Å². The molecule has 0 N–H and O–H groups in total. The van der Waals surface area contributed by atoms with E-state index in [4.69, 9.17) is 0 Å². The molecule has 0 bridgehead atoms. The molecule has 4 heterocycles. The van der Waals surface area contributed by atoms with Gasteiger partial charge in [-0.15, -0.1) is 0 Å². The minimum absolute atomic E-state index is 0.0414. The van der Waals surface area contributed by atoms with Crippen molar-refractivity contribution in [1.29, 1.82) is 0 Å². The van der Waals surface area contributed by atoms with E-state index in [9.17, 15) is 4.79 Å². The second-order valence-corrected chi connectivity index (χ2v) is 7.64. The van der Waals surface area contributed by atoms with Crippen molar-refractivity contribution in [3.05, 3.63) is 46.9 Å². The Labute approximate surface area is 146 Å². The molecule has 1 spiro atoms. The number of amides is 1. The molecule has 2 fully saturated rings. The van der Waals surface area contributed by atoms with E-state index in [1.54, 1.807) is 23.7 Å². The highest BCUT2D eigenvalue weighted by molar-refractivity contribution is 7.07. The molecule has 4 rings (SSSR count). The number of aromatic nitrogens is 1. The molecule has 0 radical (unpaired) electrons. The van der Waals surface area contributed by atoms with Gasteiger partial charge in [-0.1, -0.05) is 0 Å². The van der Waals surface area contributed by atoms with Gasteiger partial charge in [0.05, 0.1) is 24.0 Å². The summed E-state index contributed by atoms with van der Waals surface area (Å²) < 4.78 is 0. The van der Waals surface area contributed by atoms with Gasteiger partial charge in [-0.3, -0.25) is 19.6 Å². The SMILES string of the molecule is CN1CC(=O)N(c2cccnc2)C[C@@]12CCN(Cc1ccsc1)C2. The molecule has 1 atom stereocenters. The Kier molecular flexibility index (Phi) is 4.12. The van der Waals surface area contributed by atoms with Crippen LogP contribution in [0.5, 0.6) is 0 Å². The largest absolute Gasteiger partial charge is 0.308 e. The number of carbonyl (C=O) groups is 1. The molecular weight excluding hydrogens is 320 g/mol. The van der Waals surface area contributed by atoms with Crippen LogP contribution in [0.3, 0.4) is 0 Å². The molecule has 2 aliphatic rings. The predicted molar refractivity (Wildman–Crippen MR) is 96.2 cm³/mol. The molecule has 2 aromatic heterocycles. The minimum atomic E-state index is 0.0414. The van der Waals surface area contributed by atoms with Crippen LogP contribution in [0.2, 0.25) is 0 Å². The van der Waals surface area contributed by atoms with Crippen molar-refractivity contribution < 1.29 is 4.79 Å². The van der Waals surface area contributed by atoms with Gasteiger partial charge in [0.2, 0.25) is 5.91 Å². The molecule has 24 heavy (non-hydrogen) atoms. The number of anilines is 1. The number of carbonyl (C=O) groups excluding carboxylic acids is 1. The predicted octanol–water partition coefficient (Wildman–Crippen LogP) is 2.07. The van der Waals surface area contributed by atoms with Crippen molar-refractivity contribution >= 4 is 22.9 Å². The number of likely N-dealkylation sites (N-methyl/N-ethyl adjacent to an activating group) is 1. The van der Waals surface area contributed by atoms with Crippen LogP contribution in [0, 0.1) is 0 Å². The third-order valence-corrected chi connectivity index (χ3v) is 6.02. The average Bonchev–Trinajstić information content (AvgIpc) is 3.23. The van der Waals surface area contributed by atoms with Crippen LogP contribution >= 0.6 is 11.3 Å². The summed E-state index contributed by atoms with van der Waals surface area (Å²) in [6, 6.07) is 6.07. The third-order valence-electron chi connectivity index (χ3n) is 5.29. The van der Waals surface area contributed by atoms with Crippen molar-refractivity contribution in [3.63, 3.8) is 0 Å². The van der Waals surface area contributed by atoms with E-state index in [-0.39, 0.29) is 11.4 Å². The first-order valence-electron chi connectivity index (χ1n) is 8.31. The topological polar surface area (TPSA) is 39.7 Å². The molecule has 2 aromatic rings. The highest BCUT2D eigenvalue weighted by Crippen LogP contribution is 2.33. The Bertz CT molecular complexity index is 705. The quantitative estimate of drug-likeness (QED) is 0.856. The Morgan fingerprint density at radius 2 is 2.25 bits per heavy atom. The van der Waals surface area contributed by atoms with Crippen molar-refractivity contribution in [2.75, 3.05) is 38.1 Å². The van der Waals surface area contributed by atoms with E-state index >= 15 is 0 Å². The van der Waals surface area contributed by atoms with E-state index < -0.39 is 0 Å². The number of hydrogen-bond acceptors (Lipinski definition) is 5. The summed E-state index contributed by atoms with van der Waals surface area (Å²) in [6.45, 7) is 4.30. The lowest BCUT2D eigenvalue weighted by atomic mass is 9.92. The molecule has 0 aromatic carbocycles. The van der Waals surface area contributed by atoms with Gasteiger partial charge in [-0.05, 0) is 48.0 Å². The van der Waals surface area contributed by atoms with Gasteiger partial charge in [-0.25, -0.2) is 0 Å². The van der Waals surface area contributed by atoms with Crippen LogP contribution in [0.1, 0.15) is 12.0 Å². The molecule has 0 saturated carbocycles. The van der Waals surface area contributed by atoms with Crippen LogP contribution in [-0.4, -0.2) is 59.5 Å². The Morgan fingerprint density at radius 1 is 1.33 bits per heavy atom. The van der Waals surface area contributed by atoms with E-state index in [2.05, 4.69) is 38.7 Å². The fraction of sp³-hybridized carbons (Fsp3) is 0.444. The normalized spacial score (nSPS) is 25.7. The molecular formula is C18H22N4OS. The summed E-state index contributed by atoms with van der Waals surface area (Å²) in [5, 5.41) is 4.36. The van der Waals surface area contributed by atoms with E-state index in [0.29, 0.717) is 6.54 Å². The number of nitrogens with zero attached hydrogens (tertiary/aromatic N) is 4. The second-order valence-electron chi connectivity index (χ2n) is 6.86. The van der Waals surface area contributed by atoms with Crippen LogP contribution < -0.4 is 4.90 Å². The van der Waals surface area contributed by atoms with Crippen LogP contribution in [-0.2, 0) is 11.3 Å². The minimum Gasteiger partial charge on any atom is -0.308 e. The molecule has 6 heteroatoms. The molecule has 2 saturated heterocycles. The first-order valence-corrected chi connectivity index (χ1v) is 9.26. The monoisotopic (exact) mass is 342 g/mol. The summed E-state index contributed by atoms with van der Waals surface area (Å²) in [4.78, 5) is 23.4. The van der Waals surface area contributed by atoms with E-state index in [1.807, 2.05) is 17.0 Å². The van der Waals surface area contributed by atoms with Crippen molar-refractivity contribution in [3.8, 4) is 0 Å². The zero-order valence-electron chi connectivity index (χ0n) is 13.9. The first-order chi connectivity index (χ1) is 11.7. The molecule has 2 aliphatic heterocycles. The smallest absolute Gasteiger partial charge is 0.241 e. The fourth-order valence-corrected chi connectivity index (χ4v) is 4.52. The number of rotatable bonds is 3. The number of hydrogen-bond donors (Lipinski definition) is 0. The standard InChI is InChI=1S/C18H22N4OS/c1-20-11-17(23)22(16-3-2-6-19-9-16)14-18(20)5-7-21(13-18)10-15-4-8-24-12-15/h2-4,6,8-9,12H,5,7,10-11,13-14H2,1H3/t18-/m0/s1. The Hall–Kier alpha value is -1.76. The number of thiophene rings is 1. The summed E-state index contributed by atoms with van der Waals surface area (Å²) in [7, 11) is 2.09. The van der Waals surface area contributed by atoms with Gasteiger partial charge in [0.25, 0.3) is 0 Å². The fourth-order valence-electron chi connectivity index (χ4n) is 3.86. The van der Waals surface area contributed by atoms with Gasteiger partial charge in [0.1, 0.15) is 0 Å². The Balaban J connectivity index is 1.52. The summed E-state index contributed by atoms with van der Waals surface area (Å²) in [5.74, 6) is 0.160. The lowest BCUT2D eigenvalue weighted by Crippen LogP contribution is -2.64. The van der Waals surface area contributed by atoms with Crippen LogP contribution in [0.15, 0.2) is 41.4 Å². The first kappa shape index (κ1) is 15.7. The number of pyridine rings is 1. The Morgan fingerprint density at radius 3 is 3.00 bits per heavy atom. The van der Waals surface area contributed by atoms with Gasteiger partial charge in [0, 0.05) is 32.4 Å². The van der Waals surface area contributed by atoms with Gasteiger partial charge < -0.3 is 4.90 Å². The van der Waals surface area contributed by atoms with E-state index in [0.717, 1.165) is 38.3 Å². The third kappa shape index (κ3) is 2.85. The maximum absolute atomic E-state index is 12.5. The molecule has 0 unspecified atom stereocenters. The van der Waals surface area contributed by atoms with Crippen molar-refractivity contribution in [1.82, 2.24) is 14.8 Å². The lowest BCUT2D eigenvalue weighted by Gasteiger charge is -2.46. The summed E-state index contributed by atoms with van der Waals surface area (Å²) in [5.41, 5.74) is 2.33.